The van der Waals surface area contributed by atoms with Crippen LogP contribution in [0.15, 0.2) is 0 Å². The summed E-state index contributed by atoms with van der Waals surface area (Å²) < 4.78 is 0. The zero-order valence-corrected chi connectivity index (χ0v) is 12.5. The Morgan fingerprint density at radius 3 is 2.16 bits per heavy atom. The molecule has 0 aliphatic heterocycles. The second-order valence-corrected chi connectivity index (χ2v) is 7.68. The molecule has 110 valence electrons. The first-order valence-corrected chi connectivity index (χ1v) is 8.25. The lowest BCUT2D eigenvalue weighted by atomic mass is 9.62. The Morgan fingerprint density at radius 2 is 1.63 bits per heavy atom. The largest absolute Gasteiger partial charge is 0.330 e. The van der Waals surface area contributed by atoms with Gasteiger partial charge >= 0.3 is 0 Å². The van der Waals surface area contributed by atoms with Gasteiger partial charge in [0.25, 0.3) is 0 Å². The van der Waals surface area contributed by atoms with E-state index in [1.807, 2.05) is 0 Å². The predicted octanol–water partition coefficient (Wildman–Crippen LogP) is 1.55. The maximum Gasteiger partial charge on any atom is 0.0101 e. The van der Waals surface area contributed by atoms with Crippen molar-refractivity contribution in [3.8, 4) is 0 Å². The summed E-state index contributed by atoms with van der Waals surface area (Å²) in [5.41, 5.74) is 18.7. The molecule has 0 amide bonds. The zero-order chi connectivity index (χ0) is 13.7. The molecule has 0 aromatic carbocycles. The SMILES string of the molecule is C[C@@H]1C(CN)C(N)CCC1C1C[C@H]2C(N)C1C[C@@H]2C. The minimum atomic E-state index is 0.322. The van der Waals surface area contributed by atoms with Crippen LogP contribution in [0.4, 0.5) is 0 Å². The van der Waals surface area contributed by atoms with Gasteiger partial charge in [-0.15, -0.1) is 0 Å². The van der Waals surface area contributed by atoms with Crippen LogP contribution in [0.5, 0.6) is 0 Å². The van der Waals surface area contributed by atoms with E-state index in [9.17, 15) is 0 Å². The van der Waals surface area contributed by atoms with Gasteiger partial charge in [0.15, 0.2) is 0 Å². The molecule has 6 unspecified atom stereocenters. The van der Waals surface area contributed by atoms with E-state index in [2.05, 4.69) is 13.8 Å². The summed E-state index contributed by atoms with van der Waals surface area (Å²) in [6.07, 6.45) is 5.19. The molecule has 19 heavy (non-hydrogen) atoms. The number of hydrogen-bond donors (Lipinski definition) is 3. The minimum Gasteiger partial charge on any atom is -0.330 e. The molecule has 9 atom stereocenters. The molecule has 3 aliphatic rings. The topological polar surface area (TPSA) is 78.1 Å². The van der Waals surface area contributed by atoms with Crippen molar-refractivity contribution in [3.63, 3.8) is 0 Å². The van der Waals surface area contributed by atoms with Crippen molar-refractivity contribution in [3.05, 3.63) is 0 Å². The van der Waals surface area contributed by atoms with Crippen molar-refractivity contribution >= 4 is 0 Å². The highest BCUT2D eigenvalue weighted by Crippen LogP contribution is 2.56. The summed E-state index contributed by atoms with van der Waals surface area (Å²) in [6, 6.07) is 0.793. The van der Waals surface area contributed by atoms with Crippen LogP contribution in [0.2, 0.25) is 0 Å². The Hall–Kier alpha value is -0.120. The maximum absolute atomic E-state index is 6.46. The Kier molecular flexibility index (Phi) is 3.65. The molecule has 0 spiro atoms. The fraction of sp³-hybridized carbons (Fsp3) is 1.00. The fourth-order valence-corrected chi connectivity index (χ4v) is 5.85. The highest BCUT2D eigenvalue weighted by molar-refractivity contribution is 5.06. The van der Waals surface area contributed by atoms with Gasteiger partial charge in [0.05, 0.1) is 0 Å². The standard InChI is InChI=1S/C16H31N3/c1-8-5-13-12(6-11(8)16(13)19)10-3-4-15(18)14(7-17)9(10)2/h8-16H,3-7,17-19H2,1-2H3/t8-,9-,10?,11+,12?,13?,14?,15?,16?/m0/s1. The number of hydrogen-bond acceptors (Lipinski definition) is 3. The summed E-state index contributed by atoms with van der Waals surface area (Å²) in [5, 5.41) is 0. The van der Waals surface area contributed by atoms with Gasteiger partial charge in [-0.3, -0.25) is 0 Å². The molecule has 3 aliphatic carbocycles. The van der Waals surface area contributed by atoms with E-state index >= 15 is 0 Å². The van der Waals surface area contributed by atoms with Crippen molar-refractivity contribution in [2.75, 3.05) is 6.54 Å². The van der Waals surface area contributed by atoms with Crippen LogP contribution in [-0.4, -0.2) is 18.6 Å². The zero-order valence-electron chi connectivity index (χ0n) is 12.5. The maximum atomic E-state index is 6.46. The van der Waals surface area contributed by atoms with Crippen LogP contribution in [0.25, 0.3) is 0 Å². The number of fused-ring (bicyclic) bond motifs is 2. The lowest BCUT2D eigenvalue weighted by Crippen LogP contribution is -2.48. The van der Waals surface area contributed by atoms with Gasteiger partial charge in [0, 0.05) is 12.1 Å². The third-order valence-corrected chi connectivity index (χ3v) is 7.01. The summed E-state index contributed by atoms with van der Waals surface area (Å²) in [6.45, 7) is 5.54. The van der Waals surface area contributed by atoms with E-state index in [0.717, 1.165) is 42.6 Å². The van der Waals surface area contributed by atoms with Gasteiger partial charge < -0.3 is 17.2 Å². The average molecular weight is 265 g/mol. The van der Waals surface area contributed by atoms with E-state index in [0.29, 0.717) is 23.9 Å². The Balaban J connectivity index is 1.74. The molecule has 2 bridgehead atoms. The van der Waals surface area contributed by atoms with Crippen LogP contribution >= 0.6 is 0 Å². The Morgan fingerprint density at radius 1 is 0.895 bits per heavy atom. The molecule has 3 nitrogen and oxygen atoms in total. The van der Waals surface area contributed by atoms with Crippen LogP contribution in [0.3, 0.4) is 0 Å². The van der Waals surface area contributed by atoms with Crippen molar-refractivity contribution in [2.24, 2.45) is 58.6 Å². The van der Waals surface area contributed by atoms with Crippen LogP contribution in [-0.2, 0) is 0 Å². The van der Waals surface area contributed by atoms with Gasteiger partial charge in [-0.25, -0.2) is 0 Å². The van der Waals surface area contributed by atoms with Crippen LogP contribution in [0.1, 0.15) is 39.5 Å². The van der Waals surface area contributed by atoms with E-state index in [1.54, 1.807) is 0 Å². The van der Waals surface area contributed by atoms with Crippen LogP contribution in [0, 0.1) is 41.4 Å². The van der Waals surface area contributed by atoms with Gasteiger partial charge in [0.2, 0.25) is 0 Å². The van der Waals surface area contributed by atoms with E-state index in [4.69, 9.17) is 17.2 Å². The Bertz CT molecular complexity index is 332. The second-order valence-electron chi connectivity index (χ2n) is 7.68. The highest BCUT2D eigenvalue weighted by atomic mass is 14.8. The number of nitrogens with two attached hydrogens (primary N) is 3. The normalized spacial score (nSPS) is 57.6. The first-order chi connectivity index (χ1) is 9.04. The van der Waals surface area contributed by atoms with Crippen molar-refractivity contribution in [1.29, 1.82) is 0 Å². The van der Waals surface area contributed by atoms with Crippen molar-refractivity contribution in [1.82, 2.24) is 0 Å². The van der Waals surface area contributed by atoms with Gasteiger partial charge in [0.1, 0.15) is 0 Å². The predicted molar refractivity (Wildman–Crippen MR) is 79.3 cm³/mol. The molecule has 0 saturated heterocycles. The molecule has 3 fully saturated rings. The van der Waals surface area contributed by atoms with Gasteiger partial charge in [-0.1, -0.05) is 13.8 Å². The molecule has 0 aromatic heterocycles. The summed E-state index contributed by atoms with van der Waals surface area (Å²) >= 11 is 0. The monoisotopic (exact) mass is 265 g/mol. The minimum absolute atomic E-state index is 0.322. The molecule has 3 saturated carbocycles. The van der Waals surface area contributed by atoms with E-state index < -0.39 is 0 Å². The van der Waals surface area contributed by atoms with Crippen molar-refractivity contribution < 1.29 is 0 Å². The molecule has 3 heteroatoms. The van der Waals surface area contributed by atoms with E-state index in [-0.39, 0.29) is 0 Å². The fourth-order valence-electron chi connectivity index (χ4n) is 5.85. The molecule has 6 N–H and O–H groups in total. The number of rotatable bonds is 2. The molecule has 0 aromatic rings. The third-order valence-electron chi connectivity index (χ3n) is 7.01. The summed E-state index contributed by atoms with van der Waals surface area (Å²) in [7, 11) is 0. The third kappa shape index (κ3) is 2.05. The summed E-state index contributed by atoms with van der Waals surface area (Å²) in [4.78, 5) is 0. The highest BCUT2D eigenvalue weighted by Gasteiger charge is 2.53. The Labute approximate surface area is 117 Å². The smallest absolute Gasteiger partial charge is 0.0101 e. The van der Waals surface area contributed by atoms with Gasteiger partial charge in [-0.2, -0.15) is 0 Å². The average Bonchev–Trinajstić information content (AvgIpc) is 2.82. The molecule has 0 heterocycles. The van der Waals surface area contributed by atoms with Crippen LogP contribution < -0.4 is 17.2 Å². The van der Waals surface area contributed by atoms with Gasteiger partial charge in [-0.05, 0) is 73.7 Å². The first-order valence-electron chi connectivity index (χ1n) is 8.25. The lowest BCUT2D eigenvalue weighted by molar-refractivity contribution is 0.0652. The second kappa shape index (κ2) is 5.01. The lowest BCUT2D eigenvalue weighted by Gasteiger charge is -2.45. The molecular formula is C16H31N3. The molecular weight excluding hydrogens is 234 g/mol. The first kappa shape index (κ1) is 13.8. The molecule has 3 rings (SSSR count). The molecule has 0 radical (unpaired) electrons. The van der Waals surface area contributed by atoms with E-state index in [1.165, 1.54) is 19.3 Å². The quantitative estimate of drug-likeness (QED) is 0.709. The summed E-state index contributed by atoms with van der Waals surface area (Å²) in [5.74, 6) is 5.29. The van der Waals surface area contributed by atoms with Crippen molar-refractivity contribution in [2.45, 2.75) is 51.6 Å².